The summed E-state index contributed by atoms with van der Waals surface area (Å²) in [7, 11) is 3.92. The Morgan fingerprint density at radius 1 is 1.40 bits per heavy atom. The number of hydrogen-bond acceptors (Lipinski definition) is 3. The zero-order valence-corrected chi connectivity index (χ0v) is 15.3. The Balaban J connectivity index is 1.27. The van der Waals surface area contributed by atoms with Gasteiger partial charge >= 0.3 is 0 Å². The Morgan fingerprint density at radius 2 is 2.28 bits per heavy atom. The number of aryl methyl sites for hydroxylation is 1. The van der Waals surface area contributed by atoms with E-state index in [1.54, 1.807) is 0 Å². The molecule has 0 amide bonds. The Labute approximate surface area is 149 Å². The van der Waals surface area contributed by atoms with Gasteiger partial charge in [0.1, 0.15) is 0 Å². The minimum absolute atomic E-state index is 0.402. The van der Waals surface area contributed by atoms with Crippen LogP contribution in [0.5, 0.6) is 0 Å². The predicted octanol–water partition coefficient (Wildman–Crippen LogP) is 1.74. The number of aliphatic imine (C=N–C) groups is 1. The van der Waals surface area contributed by atoms with E-state index in [4.69, 9.17) is 4.74 Å². The number of hydrogen-bond donors (Lipinski definition) is 1. The zero-order chi connectivity index (χ0) is 17.0. The first kappa shape index (κ1) is 15.7. The quantitative estimate of drug-likeness (QED) is 0.656. The molecule has 2 saturated carbocycles. The highest BCUT2D eigenvalue weighted by Gasteiger charge is 2.66. The van der Waals surface area contributed by atoms with Crippen molar-refractivity contribution in [3.63, 3.8) is 0 Å². The maximum Gasteiger partial charge on any atom is 0.193 e. The Kier molecular flexibility index (Phi) is 3.59. The molecule has 6 heteroatoms. The van der Waals surface area contributed by atoms with Gasteiger partial charge in [-0.3, -0.25) is 9.67 Å². The number of rotatable bonds is 2. The predicted molar refractivity (Wildman–Crippen MR) is 96.6 cm³/mol. The number of aromatic nitrogens is 2. The lowest BCUT2D eigenvalue weighted by molar-refractivity contribution is -0.171. The molecule has 2 aliphatic carbocycles. The Hall–Kier alpha value is -1.56. The van der Waals surface area contributed by atoms with E-state index in [0.717, 1.165) is 25.7 Å². The van der Waals surface area contributed by atoms with Crippen LogP contribution in [0.1, 0.15) is 43.6 Å². The van der Waals surface area contributed by atoms with Crippen LogP contribution in [0.25, 0.3) is 0 Å². The van der Waals surface area contributed by atoms with E-state index >= 15 is 0 Å². The smallest absolute Gasteiger partial charge is 0.193 e. The summed E-state index contributed by atoms with van der Waals surface area (Å²) in [6.07, 6.45) is 11.1. The van der Waals surface area contributed by atoms with Gasteiger partial charge in [0.15, 0.2) is 5.96 Å². The van der Waals surface area contributed by atoms with Crippen LogP contribution in [-0.4, -0.2) is 59.5 Å². The van der Waals surface area contributed by atoms with Gasteiger partial charge in [-0.05, 0) is 31.2 Å². The highest BCUT2D eigenvalue weighted by molar-refractivity contribution is 5.81. The summed E-state index contributed by atoms with van der Waals surface area (Å²) in [5.74, 6) is 2.34. The summed E-state index contributed by atoms with van der Waals surface area (Å²) < 4.78 is 7.96. The van der Waals surface area contributed by atoms with E-state index in [-0.39, 0.29) is 0 Å². The Bertz CT molecular complexity index is 679. The fourth-order valence-corrected chi connectivity index (χ4v) is 5.77. The molecule has 6 nitrogen and oxygen atoms in total. The van der Waals surface area contributed by atoms with Crippen molar-refractivity contribution in [1.29, 1.82) is 0 Å². The number of fused-ring (bicyclic) bond motifs is 2. The normalized spacial score (nSPS) is 36.2. The average molecular weight is 343 g/mol. The second-order valence-electron chi connectivity index (χ2n) is 8.38. The number of guanidine groups is 1. The maximum absolute atomic E-state index is 6.06. The maximum atomic E-state index is 6.06. The summed E-state index contributed by atoms with van der Waals surface area (Å²) in [6, 6.07) is 0.560. The molecule has 4 unspecified atom stereocenters. The lowest BCUT2D eigenvalue weighted by Gasteiger charge is -2.63. The van der Waals surface area contributed by atoms with Gasteiger partial charge in [-0.25, -0.2) is 0 Å². The molecule has 0 radical (unpaired) electrons. The molecule has 2 saturated heterocycles. The van der Waals surface area contributed by atoms with E-state index in [1.165, 1.54) is 37.7 Å². The van der Waals surface area contributed by atoms with E-state index in [2.05, 4.69) is 26.5 Å². The van der Waals surface area contributed by atoms with Crippen molar-refractivity contribution in [2.24, 2.45) is 23.4 Å². The summed E-state index contributed by atoms with van der Waals surface area (Å²) in [4.78, 5) is 7.07. The first-order chi connectivity index (χ1) is 12.2. The van der Waals surface area contributed by atoms with Crippen molar-refractivity contribution in [2.75, 3.05) is 26.7 Å². The summed E-state index contributed by atoms with van der Waals surface area (Å²) in [5.41, 5.74) is 1.75. The number of likely N-dealkylation sites (tertiary alicyclic amines) is 1. The highest BCUT2D eigenvalue weighted by atomic mass is 16.5. The van der Waals surface area contributed by atoms with Gasteiger partial charge in [-0.15, -0.1) is 0 Å². The lowest BCUT2D eigenvalue weighted by atomic mass is 9.46. The molecule has 0 bridgehead atoms. The van der Waals surface area contributed by atoms with Crippen LogP contribution in [0.3, 0.4) is 0 Å². The van der Waals surface area contributed by atoms with E-state index < -0.39 is 0 Å². The molecular formula is C19H29N5O. The van der Waals surface area contributed by atoms with E-state index in [0.29, 0.717) is 29.4 Å². The van der Waals surface area contributed by atoms with Gasteiger partial charge in [0, 0.05) is 63.3 Å². The average Bonchev–Trinajstić information content (AvgIpc) is 3.27. The van der Waals surface area contributed by atoms with Gasteiger partial charge in [0.05, 0.1) is 12.3 Å². The molecule has 1 spiro atoms. The molecule has 136 valence electrons. The fourth-order valence-electron chi connectivity index (χ4n) is 5.77. The van der Waals surface area contributed by atoms with Crippen LogP contribution in [-0.2, 0) is 11.8 Å². The summed E-state index contributed by atoms with van der Waals surface area (Å²) >= 11 is 0. The number of ether oxygens (including phenoxy) is 1. The first-order valence-electron chi connectivity index (χ1n) is 9.80. The van der Waals surface area contributed by atoms with Crippen molar-refractivity contribution in [3.8, 4) is 0 Å². The van der Waals surface area contributed by atoms with Crippen LogP contribution >= 0.6 is 0 Å². The third-order valence-corrected chi connectivity index (χ3v) is 7.22. The topological polar surface area (TPSA) is 54.7 Å². The van der Waals surface area contributed by atoms with Gasteiger partial charge in [-0.1, -0.05) is 6.42 Å². The molecule has 25 heavy (non-hydrogen) atoms. The molecule has 4 atom stereocenters. The molecule has 4 aliphatic rings. The molecule has 1 N–H and O–H groups in total. The second-order valence-corrected chi connectivity index (χ2v) is 8.38. The van der Waals surface area contributed by atoms with Gasteiger partial charge in [0.2, 0.25) is 0 Å². The molecule has 0 aromatic carbocycles. The third-order valence-electron chi connectivity index (χ3n) is 7.22. The fraction of sp³-hybridized carbons (Fsp3) is 0.789. The molecule has 4 fully saturated rings. The van der Waals surface area contributed by atoms with Crippen LogP contribution in [0.15, 0.2) is 17.4 Å². The van der Waals surface area contributed by atoms with Crippen molar-refractivity contribution >= 4 is 5.96 Å². The molecule has 1 aromatic heterocycles. The third kappa shape index (κ3) is 2.26. The van der Waals surface area contributed by atoms with Crippen molar-refractivity contribution in [1.82, 2.24) is 20.0 Å². The summed E-state index contributed by atoms with van der Waals surface area (Å²) in [5, 5.41) is 8.20. The van der Waals surface area contributed by atoms with Gasteiger partial charge in [-0.2, -0.15) is 5.10 Å². The molecule has 1 aromatic rings. The SMILES string of the molecule is CN=C(NC1C2CCOC2C12CCC2)N1CCC(c2cnn(C)c2)C1. The lowest BCUT2D eigenvalue weighted by Crippen LogP contribution is -2.72. The molecule has 2 aliphatic heterocycles. The van der Waals surface area contributed by atoms with Crippen molar-refractivity contribution in [2.45, 2.75) is 50.2 Å². The second kappa shape index (κ2) is 5.73. The monoisotopic (exact) mass is 343 g/mol. The van der Waals surface area contributed by atoms with Crippen LogP contribution in [0, 0.1) is 11.3 Å². The van der Waals surface area contributed by atoms with E-state index in [1.807, 2.05) is 25.0 Å². The summed E-state index contributed by atoms with van der Waals surface area (Å²) in [6.45, 7) is 3.06. The first-order valence-corrected chi connectivity index (χ1v) is 9.80. The standard InChI is InChI=1S/C19H29N5O/c1-20-18(24-8-4-13(12-24)14-10-21-23(2)11-14)22-16-15-5-9-25-17(15)19(16)6-3-7-19/h10-11,13,15-17H,3-9,12H2,1-2H3,(H,20,22). The van der Waals surface area contributed by atoms with E-state index in [9.17, 15) is 0 Å². The van der Waals surface area contributed by atoms with Crippen LogP contribution in [0.2, 0.25) is 0 Å². The van der Waals surface area contributed by atoms with Crippen LogP contribution in [0.4, 0.5) is 0 Å². The largest absolute Gasteiger partial charge is 0.377 e. The molecule has 5 rings (SSSR count). The molecular weight excluding hydrogens is 314 g/mol. The number of nitrogens with zero attached hydrogens (tertiary/aromatic N) is 4. The minimum atomic E-state index is 0.402. The minimum Gasteiger partial charge on any atom is -0.377 e. The van der Waals surface area contributed by atoms with Gasteiger partial charge < -0.3 is 15.0 Å². The zero-order valence-electron chi connectivity index (χ0n) is 15.3. The van der Waals surface area contributed by atoms with Crippen molar-refractivity contribution in [3.05, 3.63) is 18.0 Å². The molecule has 3 heterocycles. The Morgan fingerprint density at radius 3 is 2.96 bits per heavy atom. The number of nitrogens with one attached hydrogen (secondary N) is 1. The highest BCUT2D eigenvalue weighted by Crippen LogP contribution is 2.62. The van der Waals surface area contributed by atoms with Crippen molar-refractivity contribution < 1.29 is 4.74 Å². The van der Waals surface area contributed by atoms with Crippen LogP contribution < -0.4 is 5.32 Å². The van der Waals surface area contributed by atoms with Gasteiger partial charge in [0.25, 0.3) is 0 Å².